The highest BCUT2D eigenvalue weighted by atomic mass is 16.1. The Bertz CT molecular complexity index is 1190. The number of likely N-dealkylation sites (tertiary alicyclic amines) is 1. The first-order valence-electron chi connectivity index (χ1n) is 10.9. The average Bonchev–Trinajstić information content (AvgIpc) is 3.43. The largest absolute Gasteiger partial charge is 0.292 e. The monoisotopic (exact) mass is 405 g/mol. The maximum atomic E-state index is 13.5. The summed E-state index contributed by atoms with van der Waals surface area (Å²) >= 11 is 0. The molecule has 1 saturated heterocycles. The Morgan fingerprint density at radius 3 is 2.67 bits per heavy atom. The summed E-state index contributed by atoms with van der Waals surface area (Å²) in [5.74, 6) is 0.889. The van der Waals surface area contributed by atoms with Gasteiger partial charge in [-0.2, -0.15) is 5.10 Å². The molecule has 1 aliphatic carbocycles. The topological polar surface area (TPSA) is 73.0 Å². The highest BCUT2D eigenvalue weighted by Gasteiger charge is 2.33. The molecule has 0 radical (unpaired) electrons. The van der Waals surface area contributed by atoms with E-state index in [9.17, 15) is 9.59 Å². The fourth-order valence-electron chi connectivity index (χ4n) is 5.05. The third-order valence-electron chi connectivity index (χ3n) is 6.60. The lowest BCUT2D eigenvalue weighted by atomic mass is 10.1. The van der Waals surface area contributed by atoms with E-state index in [0.29, 0.717) is 11.9 Å². The molecule has 2 aliphatic rings. The minimum atomic E-state index is -0.102. The Kier molecular flexibility index (Phi) is 4.98. The summed E-state index contributed by atoms with van der Waals surface area (Å²) in [4.78, 5) is 32.9. The zero-order valence-electron chi connectivity index (χ0n) is 17.3. The molecule has 1 saturated carbocycles. The minimum absolute atomic E-state index is 0.0759. The Labute approximate surface area is 175 Å². The van der Waals surface area contributed by atoms with E-state index < -0.39 is 0 Å². The van der Waals surface area contributed by atoms with Gasteiger partial charge in [-0.15, -0.1) is 0 Å². The van der Waals surface area contributed by atoms with E-state index in [1.807, 2.05) is 28.8 Å². The minimum Gasteiger partial charge on any atom is -0.292 e. The Hall–Kier alpha value is -2.80. The zero-order chi connectivity index (χ0) is 20.7. The van der Waals surface area contributed by atoms with Gasteiger partial charge in [0, 0.05) is 25.7 Å². The number of para-hydroxylation sites is 1. The highest BCUT2D eigenvalue weighted by Crippen LogP contribution is 2.36. The van der Waals surface area contributed by atoms with Gasteiger partial charge in [-0.25, -0.2) is 9.67 Å². The smallest absolute Gasteiger partial charge is 0.266 e. The highest BCUT2D eigenvalue weighted by molar-refractivity contribution is 5.77. The molecule has 0 spiro atoms. The van der Waals surface area contributed by atoms with Gasteiger partial charge in [0.15, 0.2) is 0 Å². The first-order valence-corrected chi connectivity index (χ1v) is 10.9. The Balaban J connectivity index is 1.58. The summed E-state index contributed by atoms with van der Waals surface area (Å²) < 4.78 is 3.34. The normalized spacial score (nSPS) is 20.4. The van der Waals surface area contributed by atoms with Crippen LogP contribution in [0.1, 0.15) is 62.0 Å². The van der Waals surface area contributed by atoms with Gasteiger partial charge in [-0.05, 0) is 49.9 Å². The fraction of sp³-hybridized carbons (Fsp3) is 0.478. The molecule has 0 bridgehead atoms. The summed E-state index contributed by atoms with van der Waals surface area (Å²) in [6, 6.07) is 9.64. The molecule has 156 valence electrons. The molecule has 1 aromatic carbocycles. The number of fused-ring (bicyclic) bond motifs is 1. The number of hydrogen-bond acceptors (Lipinski definition) is 5. The van der Waals surface area contributed by atoms with E-state index in [1.165, 1.54) is 4.68 Å². The molecule has 2 fully saturated rings. The summed E-state index contributed by atoms with van der Waals surface area (Å²) in [6.45, 7) is 1.56. The molecule has 1 atom stereocenters. The van der Waals surface area contributed by atoms with Gasteiger partial charge < -0.3 is 0 Å². The standard InChI is InChI=1S/C23H27N5O2/c1-26-21(29)13-16(14-24-26)15-27-12-6-11-20(27)22-25-19-10-5-4-9-18(19)23(30)28(22)17-7-2-3-8-17/h4-5,9-10,13-14,17,20H,2-3,6-8,11-12,15H2,1H3. The number of rotatable bonds is 4. The summed E-state index contributed by atoms with van der Waals surface area (Å²) in [6.07, 6.45) is 8.19. The summed E-state index contributed by atoms with van der Waals surface area (Å²) in [5.41, 5.74) is 1.66. The van der Waals surface area contributed by atoms with Gasteiger partial charge in [0.05, 0.1) is 23.1 Å². The predicted molar refractivity (Wildman–Crippen MR) is 115 cm³/mol. The van der Waals surface area contributed by atoms with Crippen molar-refractivity contribution in [3.8, 4) is 0 Å². The van der Waals surface area contributed by atoms with Crippen molar-refractivity contribution in [2.45, 2.75) is 57.2 Å². The van der Waals surface area contributed by atoms with Crippen molar-refractivity contribution < 1.29 is 0 Å². The molecular formula is C23H27N5O2. The van der Waals surface area contributed by atoms with Crippen molar-refractivity contribution in [3.05, 3.63) is 68.6 Å². The van der Waals surface area contributed by atoms with Crippen molar-refractivity contribution in [2.24, 2.45) is 7.05 Å². The lowest BCUT2D eigenvalue weighted by Gasteiger charge is -2.28. The first kappa shape index (κ1) is 19.2. The molecular weight excluding hydrogens is 378 g/mol. The van der Waals surface area contributed by atoms with E-state index in [-0.39, 0.29) is 23.2 Å². The van der Waals surface area contributed by atoms with Crippen LogP contribution in [0.4, 0.5) is 0 Å². The predicted octanol–water partition coefficient (Wildman–Crippen LogP) is 2.94. The molecule has 30 heavy (non-hydrogen) atoms. The van der Waals surface area contributed by atoms with Crippen LogP contribution in [0.5, 0.6) is 0 Å². The average molecular weight is 406 g/mol. The van der Waals surface area contributed by atoms with E-state index in [1.54, 1.807) is 19.3 Å². The second-order valence-electron chi connectivity index (χ2n) is 8.55. The van der Waals surface area contributed by atoms with Gasteiger partial charge in [-0.3, -0.25) is 19.1 Å². The van der Waals surface area contributed by atoms with E-state index in [2.05, 4.69) is 10.00 Å². The van der Waals surface area contributed by atoms with Crippen LogP contribution in [0, 0.1) is 0 Å². The molecule has 1 unspecified atom stereocenters. The van der Waals surface area contributed by atoms with Crippen molar-refractivity contribution in [2.75, 3.05) is 6.54 Å². The fourth-order valence-corrected chi connectivity index (χ4v) is 5.05. The maximum absolute atomic E-state index is 13.5. The molecule has 0 N–H and O–H groups in total. The van der Waals surface area contributed by atoms with Gasteiger partial charge in [0.2, 0.25) is 0 Å². The summed E-state index contributed by atoms with van der Waals surface area (Å²) in [5, 5.41) is 4.86. The van der Waals surface area contributed by atoms with Crippen LogP contribution in [0.15, 0.2) is 46.1 Å². The van der Waals surface area contributed by atoms with Crippen molar-refractivity contribution in [1.29, 1.82) is 0 Å². The lowest BCUT2D eigenvalue weighted by molar-refractivity contribution is 0.228. The zero-order valence-corrected chi connectivity index (χ0v) is 17.3. The molecule has 1 aliphatic heterocycles. The van der Waals surface area contributed by atoms with Crippen molar-refractivity contribution in [1.82, 2.24) is 24.2 Å². The lowest BCUT2D eigenvalue weighted by Crippen LogP contribution is -2.34. The second-order valence-corrected chi connectivity index (χ2v) is 8.55. The van der Waals surface area contributed by atoms with Gasteiger partial charge in [-0.1, -0.05) is 25.0 Å². The Morgan fingerprint density at radius 1 is 1.07 bits per heavy atom. The SMILES string of the molecule is Cn1ncc(CN2CCCC2c2nc3ccccc3c(=O)n2C2CCCC2)cc1=O. The third kappa shape index (κ3) is 3.37. The molecule has 7 heteroatoms. The maximum Gasteiger partial charge on any atom is 0.266 e. The van der Waals surface area contributed by atoms with Crippen LogP contribution < -0.4 is 11.1 Å². The third-order valence-corrected chi connectivity index (χ3v) is 6.60. The van der Waals surface area contributed by atoms with E-state index in [0.717, 1.165) is 62.0 Å². The summed E-state index contributed by atoms with van der Waals surface area (Å²) in [7, 11) is 1.66. The van der Waals surface area contributed by atoms with Crippen LogP contribution in [0.2, 0.25) is 0 Å². The number of aromatic nitrogens is 4. The van der Waals surface area contributed by atoms with Gasteiger partial charge >= 0.3 is 0 Å². The van der Waals surface area contributed by atoms with Crippen LogP contribution in [-0.4, -0.2) is 30.8 Å². The van der Waals surface area contributed by atoms with Crippen LogP contribution in [0.25, 0.3) is 10.9 Å². The number of aryl methyl sites for hydroxylation is 1. The Morgan fingerprint density at radius 2 is 1.87 bits per heavy atom. The molecule has 3 aromatic rings. The number of benzene rings is 1. The van der Waals surface area contributed by atoms with Gasteiger partial charge in [0.1, 0.15) is 5.82 Å². The first-order chi connectivity index (χ1) is 14.6. The van der Waals surface area contributed by atoms with E-state index >= 15 is 0 Å². The number of hydrogen-bond donors (Lipinski definition) is 0. The van der Waals surface area contributed by atoms with Crippen molar-refractivity contribution in [3.63, 3.8) is 0 Å². The number of nitrogens with zero attached hydrogens (tertiary/aromatic N) is 5. The van der Waals surface area contributed by atoms with Crippen molar-refractivity contribution >= 4 is 10.9 Å². The second kappa shape index (κ2) is 7.80. The van der Waals surface area contributed by atoms with Crippen LogP contribution in [0.3, 0.4) is 0 Å². The molecule has 5 rings (SSSR count). The van der Waals surface area contributed by atoms with Crippen LogP contribution >= 0.6 is 0 Å². The molecule has 3 heterocycles. The molecule has 2 aromatic heterocycles. The molecule has 0 amide bonds. The quantitative estimate of drug-likeness (QED) is 0.667. The van der Waals surface area contributed by atoms with Gasteiger partial charge in [0.25, 0.3) is 11.1 Å². The molecule has 7 nitrogen and oxygen atoms in total. The van der Waals surface area contributed by atoms with Crippen LogP contribution in [-0.2, 0) is 13.6 Å². The van der Waals surface area contributed by atoms with E-state index in [4.69, 9.17) is 4.98 Å².